The van der Waals surface area contributed by atoms with Crippen LogP contribution in [0.1, 0.15) is 131 Å². The van der Waals surface area contributed by atoms with Crippen LogP contribution in [0, 0.1) is 40.5 Å². The highest BCUT2D eigenvalue weighted by Gasteiger charge is 2.61. The van der Waals surface area contributed by atoms with Crippen LogP contribution in [0.15, 0.2) is 385 Å². The van der Waals surface area contributed by atoms with Crippen molar-refractivity contribution in [3.05, 3.63) is 441 Å². The van der Waals surface area contributed by atoms with Crippen LogP contribution in [0.3, 0.4) is 0 Å². The number of rotatable bonds is 20. The number of carbonyl (C=O) groups excluding carboxylic acids is 6. The number of ketones is 2. The quantitative estimate of drug-likeness (QED) is 0.0186. The van der Waals surface area contributed by atoms with Gasteiger partial charge >= 0.3 is 18.1 Å². The number of nitrogens with two attached hydrogens (primary N) is 1. The highest BCUT2D eigenvalue weighted by Crippen LogP contribution is 2.51. The Hall–Kier alpha value is -9.91. The maximum absolute atomic E-state index is 13.8. The van der Waals surface area contributed by atoms with E-state index in [1.807, 2.05) is 378 Å². The predicted molar refractivity (Wildman–Crippen MR) is 605 cm³/mol. The zero-order valence-electron chi connectivity index (χ0n) is 78.5. The number of amides is 6. The Balaban J connectivity index is 0.000000163. The lowest BCUT2D eigenvalue weighted by Gasteiger charge is -2.37. The maximum Gasteiger partial charge on any atom is 0.332 e. The van der Waals surface area contributed by atoms with Crippen molar-refractivity contribution in [3.8, 4) is 0 Å². The number of benzene rings is 14. The molecule has 3 aliphatic heterocycles. The van der Waals surface area contributed by atoms with E-state index < -0.39 is 35.3 Å². The van der Waals surface area contributed by atoms with Gasteiger partial charge in [-0.1, -0.05) is 336 Å². The van der Waals surface area contributed by atoms with E-state index in [1.54, 1.807) is 26.8 Å². The van der Waals surface area contributed by atoms with Gasteiger partial charge in [0.1, 0.15) is 0 Å². The molecule has 0 bridgehead atoms. The van der Waals surface area contributed by atoms with E-state index in [0.717, 1.165) is 115 Å². The van der Waals surface area contributed by atoms with Crippen LogP contribution in [0.2, 0.25) is 0 Å². The first-order chi connectivity index (χ1) is 66.9. The number of urea groups is 3. The minimum atomic E-state index is -1.52. The summed E-state index contributed by atoms with van der Waals surface area (Å²) in [5.41, 5.74) is 16.7. The maximum atomic E-state index is 13.8. The molecule has 17 nitrogen and oxygen atoms in total. The van der Waals surface area contributed by atoms with E-state index in [2.05, 4.69) is 183 Å². The molecule has 140 heavy (non-hydrogen) atoms. The Morgan fingerprint density at radius 1 is 0.350 bits per heavy atom. The summed E-state index contributed by atoms with van der Waals surface area (Å²) >= 11 is 34.0. The standard InChI is InChI=1S/3C24H22Br2N2O2.C18H19BrO.C10H11BrO.C7H4BrNO.C6H6BrN/c3*1-3-22-24(30,17-6-4-5-16(2)15-17)28(21-13-9-19(26)10-14-21)23(29)27(22)20-11-7-18(25)8-12-20;1-3-15(12-14-7-9-17(19)10-8-14)18(20)16-6-4-5-13(2)11-16;1-7-4-3-5-9(6-7)10(12)8(2)11;8-6-1-3-7(4-2-6)9-5-10;7-5-1-3-6(8)4-2-5/h3*4-15,22,30H,3H2,1-2H3;4-11,15H,3,12H2,1-2H3;3-6,8H,1-2H3;1-4H;1-4H,8H2/t2*22-,24?;;;;;/m10...../s1. The molecule has 27 heteroatoms. The Bertz CT molecular complexity index is 6180. The van der Waals surface area contributed by atoms with E-state index in [0.29, 0.717) is 58.7 Å². The van der Waals surface area contributed by atoms with Gasteiger partial charge in [-0.05, 0) is 298 Å². The number of halogens is 10. The van der Waals surface area contributed by atoms with Crippen LogP contribution in [-0.4, -0.2) is 74.0 Å². The molecular weight excluding hydrogens is 2410 g/mol. The van der Waals surface area contributed by atoms with Crippen LogP contribution >= 0.6 is 159 Å². The number of aryl methyl sites for hydroxylation is 5. The molecule has 3 saturated heterocycles. The van der Waals surface area contributed by atoms with Crippen molar-refractivity contribution < 1.29 is 44.1 Å². The Morgan fingerprint density at radius 3 is 0.836 bits per heavy atom. The van der Waals surface area contributed by atoms with Gasteiger partial charge in [0, 0.05) is 114 Å². The second kappa shape index (κ2) is 51.4. The SMILES string of the molecule is CCC(Cc1ccc(Br)cc1)C(=O)c1cccc(C)c1.CCC1N(c2ccc(Br)cc2)C(=O)N(c2ccc(Br)cc2)C1(O)c1cccc(C)c1.CC[C@@H]1N(c2ccc(Br)cc2)C(=O)N(c2ccc(Br)cc2)C1(O)c1cccc(C)c1.CC[C@H]1N(c2ccc(Br)cc2)C(=O)N(c2ccc(Br)cc2)C1(O)c1cccc(C)c1.Cc1cccc(C(=O)C(C)Br)c1.Nc1ccc(Br)cc1.O=C=Nc1ccc(Br)cc1. The van der Waals surface area contributed by atoms with Crippen LogP contribution in [0.4, 0.5) is 59.9 Å². The molecule has 6 amide bonds. The Kier molecular flexibility index (Phi) is 40.5. The molecule has 6 unspecified atom stereocenters. The Morgan fingerprint density at radius 2 is 0.593 bits per heavy atom. The fraction of sp³-hybridized carbons (Fsp3) is 0.204. The second-order valence-corrected chi connectivity index (χ2v) is 43.2. The summed E-state index contributed by atoms with van der Waals surface area (Å²) in [6, 6.07) is 105. The first-order valence-corrected chi connectivity index (χ1v) is 53.2. The smallest absolute Gasteiger partial charge is 0.332 e. The summed E-state index contributed by atoms with van der Waals surface area (Å²) in [6.07, 6.45) is 4.88. The van der Waals surface area contributed by atoms with Gasteiger partial charge in [-0.25, -0.2) is 19.2 Å². The molecule has 3 heterocycles. The highest BCUT2D eigenvalue weighted by atomic mass is 79.9. The molecule has 3 aliphatic rings. The van der Waals surface area contributed by atoms with Crippen LogP contribution in [0.5, 0.6) is 0 Å². The third kappa shape index (κ3) is 27.3. The molecule has 0 aliphatic carbocycles. The lowest BCUT2D eigenvalue weighted by molar-refractivity contribution is 0.0303. The normalized spacial score (nSPS) is 17.7. The second-order valence-electron chi connectivity index (χ2n) is 33.6. The van der Waals surface area contributed by atoms with Gasteiger partial charge in [0.15, 0.2) is 28.7 Å². The number of hydrogen-bond donors (Lipinski definition) is 4. The fourth-order valence-corrected chi connectivity index (χ4v) is 19.6. The number of isocyanates is 1. The molecule has 0 aromatic heterocycles. The van der Waals surface area contributed by atoms with Gasteiger partial charge in [-0.15, -0.1) is 0 Å². The first kappa shape index (κ1) is 110. The number of carbonyl (C=O) groups is 5. The van der Waals surface area contributed by atoms with E-state index >= 15 is 0 Å². The number of hydrogen-bond acceptors (Lipinski definition) is 11. The van der Waals surface area contributed by atoms with Crippen LogP contribution in [0.25, 0.3) is 0 Å². The van der Waals surface area contributed by atoms with E-state index in [1.165, 1.54) is 26.3 Å². The highest BCUT2D eigenvalue weighted by molar-refractivity contribution is 9.12. The van der Waals surface area contributed by atoms with Crippen LogP contribution in [-0.2, 0) is 28.4 Å². The largest absolute Gasteiger partial charge is 0.399 e. The molecular formula is C113H106Br10N8O9. The lowest BCUT2D eigenvalue weighted by atomic mass is 9.89. The fourth-order valence-electron chi connectivity index (χ4n) is 16.9. The molecule has 17 rings (SSSR count). The van der Waals surface area contributed by atoms with Gasteiger partial charge in [0.25, 0.3) is 0 Å². The third-order valence-corrected chi connectivity index (χ3v) is 28.9. The molecule has 14 aromatic carbocycles. The molecule has 722 valence electrons. The van der Waals surface area contributed by atoms with Crippen molar-refractivity contribution in [3.63, 3.8) is 0 Å². The van der Waals surface area contributed by atoms with Crippen molar-refractivity contribution in [2.75, 3.05) is 35.1 Å². The minimum absolute atomic E-state index is 0.0537. The number of nitrogen functional groups attached to an aromatic ring is 1. The van der Waals surface area contributed by atoms with Crippen molar-refractivity contribution in [2.45, 2.75) is 141 Å². The minimum Gasteiger partial charge on any atom is -0.399 e. The summed E-state index contributed by atoms with van der Waals surface area (Å²) in [5, 5.41) is 36.7. The molecule has 3 fully saturated rings. The molecule has 8 atom stereocenters. The van der Waals surface area contributed by atoms with Crippen molar-refractivity contribution >= 4 is 241 Å². The topological polar surface area (TPSA) is 221 Å². The predicted octanol–water partition coefficient (Wildman–Crippen LogP) is 32.4. The van der Waals surface area contributed by atoms with E-state index in [-0.39, 0.29) is 40.4 Å². The van der Waals surface area contributed by atoms with Crippen LogP contribution < -0.4 is 35.1 Å². The van der Waals surface area contributed by atoms with Gasteiger partial charge < -0.3 is 21.1 Å². The molecule has 14 aromatic rings. The van der Waals surface area contributed by atoms with Crippen molar-refractivity contribution in [2.24, 2.45) is 10.9 Å². The molecule has 0 radical (unpaired) electrons. The molecule has 0 spiro atoms. The number of Topliss-reactive ketones (excluding diaryl/α,β-unsaturated/α-hetero) is 2. The number of anilines is 7. The average Bonchev–Trinajstić information content (AvgIpc) is 1.57. The van der Waals surface area contributed by atoms with Crippen molar-refractivity contribution in [1.82, 2.24) is 0 Å². The zero-order valence-corrected chi connectivity index (χ0v) is 94.4. The van der Waals surface area contributed by atoms with E-state index in [9.17, 15) is 44.1 Å². The van der Waals surface area contributed by atoms with Gasteiger partial charge in [-0.3, -0.25) is 39.0 Å². The monoisotopic (exact) mass is 2510 g/mol. The molecule has 5 N–H and O–H groups in total. The number of aliphatic imine (C=N–C) groups is 1. The molecule has 0 saturated carbocycles. The van der Waals surface area contributed by atoms with Gasteiger partial charge in [0.05, 0.1) is 28.6 Å². The summed E-state index contributed by atoms with van der Waals surface area (Å²) in [7, 11) is 0. The van der Waals surface area contributed by atoms with E-state index in [4.69, 9.17) is 5.73 Å². The summed E-state index contributed by atoms with van der Waals surface area (Å²) in [5.74, 6) is 0.441. The zero-order chi connectivity index (χ0) is 101. The third-order valence-electron chi connectivity index (χ3n) is 23.7. The number of alkyl halides is 1. The summed E-state index contributed by atoms with van der Waals surface area (Å²) in [4.78, 5) is 88.2. The van der Waals surface area contributed by atoms with Crippen molar-refractivity contribution in [1.29, 1.82) is 0 Å². The average molecular weight is 2520 g/mol. The summed E-state index contributed by atoms with van der Waals surface area (Å²) in [6.45, 7) is 19.9. The Labute approximate surface area is 904 Å². The number of nitrogens with zero attached hydrogens (tertiary/aromatic N) is 7. The number of aliphatic hydroxyl groups is 3. The summed E-state index contributed by atoms with van der Waals surface area (Å²) < 4.78 is 8.64. The lowest BCUT2D eigenvalue weighted by Crippen LogP contribution is -2.49. The van der Waals surface area contributed by atoms with Gasteiger partial charge in [-0.2, -0.15) is 4.99 Å². The van der Waals surface area contributed by atoms with Gasteiger partial charge in [0.2, 0.25) is 6.08 Å². The first-order valence-electron chi connectivity index (χ1n) is 45.2.